The Morgan fingerprint density at radius 2 is 2.28 bits per heavy atom. The number of hydrogen-bond acceptors (Lipinski definition) is 3. The lowest BCUT2D eigenvalue weighted by molar-refractivity contribution is -0.132. The fraction of sp³-hybridized carbons (Fsp3) is 0.929. The second kappa shape index (κ2) is 6.29. The van der Waals surface area contributed by atoms with Gasteiger partial charge in [0, 0.05) is 11.8 Å². The van der Waals surface area contributed by atoms with Crippen LogP contribution in [0.1, 0.15) is 46.5 Å². The number of carbonyl (C=O) groups is 1. The van der Waals surface area contributed by atoms with Crippen LogP contribution >= 0.6 is 11.8 Å². The van der Waals surface area contributed by atoms with E-state index in [-0.39, 0.29) is 12.2 Å². The first-order valence-corrected chi connectivity index (χ1v) is 8.45. The van der Waals surface area contributed by atoms with E-state index < -0.39 is 0 Å². The highest BCUT2D eigenvalue weighted by atomic mass is 32.2. The van der Waals surface area contributed by atoms with Crippen LogP contribution in [0.15, 0.2) is 0 Å². The first-order chi connectivity index (χ1) is 8.63. The molecule has 2 heterocycles. The molecule has 2 aliphatic heterocycles. The summed E-state index contributed by atoms with van der Waals surface area (Å²) in [5.74, 6) is 3.31. The number of thioether (sulfide) groups is 1. The quantitative estimate of drug-likeness (QED) is 0.852. The van der Waals surface area contributed by atoms with Crippen LogP contribution in [-0.4, -0.2) is 40.6 Å². The van der Waals surface area contributed by atoms with Crippen LogP contribution in [-0.2, 0) is 4.79 Å². The van der Waals surface area contributed by atoms with Crippen molar-refractivity contribution in [1.82, 2.24) is 10.2 Å². The Kier molecular flexibility index (Phi) is 4.96. The first-order valence-electron chi connectivity index (χ1n) is 7.29. The third-order valence-electron chi connectivity index (χ3n) is 3.91. The summed E-state index contributed by atoms with van der Waals surface area (Å²) < 4.78 is 0. The molecule has 2 aliphatic rings. The molecule has 3 unspecified atom stereocenters. The molecule has 18 heavy (non-hydrogen) atoms. The summed E-state index contributed by atoms with van der Waals surface area (Å²) >= 11 is 2.00. The van der Waals surface area contributed by atoms with E-state index >= 15 is 0 Å². The van der Waals surface area contributed by atoms with Crippen LogP contribution in [0.25, 0.3) is 0 Å². The summed E-state index contributed by atoms with van der Waals surface area (Å²) in [6.45, 7) is 6.55. The molecule has 0 bridgehead atoms. The molecule has 0 spiro atoms. The average molecular weight is 270 g/mol. The van der Waals surface area contributed by atoms with Gasteiger partial charge in [-0.15, -0.1) is 0 Å². The Morgan fingerprint density at radius 1 is 1.50 bits per heavy atom. The lowest BCUT2D eigenvalue weighted by Gasteiger charge is -2.34. The van der Waals surface area contributed by atoms with E-state index in [2.05, 4.69) is 31.0 Å². The maximum Gasteiger partial charge on any atom is 0.241 e. The zero-order valence-electron chi connectivity index (χ0n) is 11.8. The van der Waals surface area contributed by atoms with Gasteiger partial charge in [0.2, 0.25) is 5.91 Å². The molecule has 2 saturated heterocycles. The van der Waals surface area contributed by atoms with Crippen molar-refractivity contribution < 1.29 is 4.79 Å². The molecule has 0 aromatic carbocycles. The smallest absolute Gasteiger partial charge is 0.241 e. The van der Waals surface area contributed by atoms with Gasteiger partial charge in [0.25, 0.3) is 0 Å². The van der Waals surface area contributed by atoms with Crippen molar-refractivity contribution in [2.45, 2.75) is 64.7 Å². The van der Waals surface area contributed by atoms with E-state index in [4.69, 9.17) is 0 Å². The summed E-state index contributed by atoms with van der Waals surface area (Å²) in [5, 5.41) is 3.54. The molecule has 2 fully saturated rings. The van der Waals surface area contributed by atoms with Crippen LogP contribution in [0.5, 0.6) is 0 Å². The van der Waals surface area contributed by atoms with Crippen molar-refractivity contribution in [2.24, 2.45) is 5.92 Å². The van der Waals surface area contributed by atoms with Gasteiger partial charge >= 0.3 is 0 Å². The standard InChI is InChI=1S/C14H26N2OS/c1-4-13-15-12(8-10(2)3)14(17)16(13)11-6-5-7-18-9-11/h10-13,15H,4-9H2,1-3H3. The van der Waals surface area contributed by atoms with Crippen LogP contribution in [0.3, 0.4) is 0 Å². The number of nitrogens with zero attached hydrogens (tertiary/aromatic N) is 1. The van der Waals surface area contributed by atoms with Crippen molar-refractivity contribution in [3.63, 3.8) is 0 Å². The van der Waals surface area contributed by atoms with E-state index in [9.17, 15) is 4.79 Å². The Bertz CT molecular complexity index is 290. The minimum atomic E-state index is 0.0573. The summed E-state index contributed by atoms with van der Waals surface area (Å²) in [7, 11) is 0. The molecule has 3 nitrogen and oxygen atoms in total. The lowest BCUT2D eigenvalue weighted by atomic mass is 10.0. The second-order valence-corrected chi connectivity index (χ2v) is 7.04. The van der Waals surface area contributed by atoms with Gasteiger partial charge < -0.3 is 4.90 Å². The van der Waals surface area contributed by atoms with Crippen molar-refractivity contribution >= 4 is 17.7 Å². The Labute approximate surface area is 115 Å². The first kappa shape index (κ1) is 14.2. The van der Waals surface area contributed by atoms with E-state index in [1.54, 1.807) is 0 Å². The van der Waals surface area contributed by atoms with E-state index in [0.29, 0.717) is 17.9 Å². The lowest BCUT2D eigenvalue weighted by Crippen LogP contribution is -2.46. The maximum absolute atomic E-state index is 12.6. The molecule has 104 valence electrons. The molecule has 2 rings (SSSR count). The summed E-state index contributed by atoms with van der Waals surface area (Å²) in [6.07, 6.45) is 4.69. The predicted octanol–water partition coefficient (Wildman–Crippen LogP) is 2.46. The van der Waals surface area contributed by atoms with E-state index in [1.165, 1.54) is 18.6 Å². The highest BCUT2D eigenvalue weighted by Crippen LogP contribution is 2.28. The summed E-state index contributed by atoms with van der Waals surface area (Å²) in [4.78, 5) is 14.7. The number of carbonyl (C=O) groups excluding carboxylic acids is 1. The highest BCUT2D eigenvalue weighted by molar-refractivity contribution is 7.99. The number of amides is 1. The SMILES string of the molecule is CCC1NC(CC(C)C)C(=O)N1C1CCCSC1. The second-order valence-electron chi connectivity index (χ2n) is 5.89. The van der Waals surface area contributed by atoms with Gasteiger partial charge in [-0.05, 0) is 37.4 Å². The molecule has 0 saturated carbocycles. The zero-order valence-corrected chi connectivity index (χ0v) is 12.6. The molecule has 1 amide bonds. The van der Waals surface area contributed by atoms with Crippen LogP contribution in [0.4, 0.5) is 0 Å². The van der Waals surface area contributed by atoms with Crippen molar-refractivity contribution in [2.75, 3.05) is 11.5 Å². The minimum Gasteiger partial charge on any atom is -0.322 e. The van der Waals surface area contributed by atoms with Gasteiger partial charge in [0.1, 0.15) is 0 Å². The van der Waals surface area contributed by atoms with Crippen molar-refractivity contribution in [1.29, 1.82) is 0 Å². The molecule has 0 aromatic heterocycles. The monoisotopic (exact) mass is 270 g/mol. The van der Waals surface area contributed by atoms with Gasteiger partial charge in [-0.25, -0.2) is 0 Å². The van der Waals surface area contributed by atoms with Gasteiger partial charge in [-0.2, -0.15) is 11.8 Å². The Morgan fingerprint density at radius 3 is 2.83 bits per heavy atom. The molecule has 3 atom stereocenters. The molecule has 0 radical (unpaired) electrons. The fourth-order valence-corrected chi connectivity index (χ4v) is 4.19. The predicted molar refractivity (Wildman–Crippen MR) is 77.7 cm³/mol. The Balaban J connectivity index is 2.04. The molecule has 1 N–H and O–H groups in total. The largest absolute Gasteiger partial charge is 0.322 e. The molecule has 0 aliphatic carbocycles. The molecular formula is C14H26N2OS. The fourth-order valence-electron chi connectivity index (χ4n) is 3.05. The van der Waals surface area contributed by atoms with E-state index in [0.717, 1.165) is 18.6 Å². The minimum absolute atomic E-state index is 0.0573. The topological polar surface area (TPSA) is 32.3 Å². The molecule has 4 heteroatoms. The van der Waals surface area contributed by atoms with Crippen LogP contribution in [0.2, 0.25) is 0 Å². The number of nitrogens with one attached hydrogen (secondary N) is 1. The van der Waals surface area contributed by atoms with Crippen LogP contribution < -0.4 is 5.32 Å². The average Bonchev–Trinajstić information content (AvgIpc) is 2.66. The Hall–Kier alpha value is -0.220. The molecular weight excluding hydrogens is 244 g/mol. The molecule has 0 aromatic rings. The number of rotatable bonds is 4. The van der Waals surface area contributed by atoms with Gasteiger partial charge in [-0.3, -0.25) is 10.1 Å². The third-order valence-corrected chi connectivity index (χ3v) is 5.10. The van der Waals surface area contributed by atoms with Crippen LogP contribution in [0, 0.1) is 5.92 Å². The summed E-state index contributed by atoms with van der Waals surface area (Å²) in [6, 6.07) is 0.521. The third kappa shape index (κ3) is 3.02. The van der Waals surface area contributed by atoms with E-state index in [1.807, 2.05) is 11.8 Å². The maximum atomic E-state index is 12.6. The highest BCUT2D eigenvalue weighted by Gasteiger charge is 2.41. The number of hydrogen-bond donors (Lipinski definition) is 1. The summed E-state index contributed by atoms with van der Waals surface area (Å²) in [5.41, 5.74) is 0. The van der Waals surface area contributed by atoms with Gasteiger partial charge in [0.05, 0.1) is 12.2 Å². The zero-order chi connectivity index (χ0) is 13.1. The van der Waals surface area contributed by atoms with Crippen molar-refractivity contribution in [3.8, 4) is 0 Å². The normalized spacial score (nSPS) is 33.4. The van der Waals surface area contributed by atoms with Gasteiger partial charge in [-0.1, -0.05) is 20.8 Å². The van der Waals surface area contributed by atoms with Crippen molar-refractivity contribution in [3.05, 3.63) is 0 Å². The van der Waals surface area contributed by atoms with Gasteiger partial charge in [0.15, 0.2) is 0 Å².